The molecule has 0 aromatic heterocycles. The average molecular weight is 290 g/mol. The fraction of sp³-hybridized carbons (Fsp3) is 0.882. The molecular weight excluding hydrogens is 264 g/mol. The Kier molecular flexibility index (Phi) is 2.89. The summed E-state index contributed by atoms with van der Waals surface area (Å²) in [5, 5.41) is 2.90. The zero-order chi connectivity index (χ0) is 14.8. The molecule has 5 fully saturated rings. The van der Waals surface area contributed by atoms with Crippen LogP contribution in [0.5, 0.6) is 0 Å². The molecule has 0 spiro atoms. The number of piperazine rings is 1. The molecule has 5 aliphatic rings. The summed E-state index contributed by atoms with van der Waals surface area (Å²) in [6, 6.07) is -0.599. The summed E-state index contributed by atoms with van der Waals surface area (Å²) in [7, 11) is 0. The minimum absolute atomic E-state index is 0.00354. The quantitative estimate of drug-likeness (QED) is 0.846. The van der Waals surface area contributed by atoms with Crippen molar-refractivity contribution in [3.8, 4) is 0 Å². The van der Waals surface area contributed by atoms with Gasteiger partial charge in [0.2, 0.25) is 11.8 Å². The molecule has 1 aliphatic heterocycles. The summed E-state index contributed by atoms with van der Waals surface area (Å²) < 4.78 is 0. The minimum Gasteiger partial charge on any atom is -0.343 e. The molecule has 4 aliphatic carbocycles. The highest BCUT2D eigenvalue weighted by molar-refractivity contribution is 5.97. The Balaban J connectivity index is 1.70. The molecule has 4 heteroatoms. The number of carbonyl (C=O) groups excluding carboxylic acids is 2. The van der Waals surface area contributed by atoms with E-state index in [4.69, 9.17) is 0 Å². The Bertz CT molecular complexity index is 452. The molecule has 4 saturated carbocycles. The largest absolute Gasteiger partial charge is 0.343 e. The third-order valence-electron chi connectivity index (χ3n) is 6.54. The smallest absolute Gasteiger partial charge is 0.246 e. The van der Waals surface area contributed by atoms with E-state index in [9.17, 15) is 9.59 Å². The summed E-state index contributed by atoms with van der Waals surface area (Å²) in [6.07, 6.45) is 8.19. The topological polar surface area (TPSA) is 49.4 Å². The molecule has 4 nitrogen and oxygen atoms in total. The van der Waals surface area contributed by atoms with Crippen LogP contribution in [0.3, 0.4) is 0 Å². The summed E-state index contributed by atoms with van der Waals surface area (Å²) >= 11 is 0. The van der Waals surface area contributed by atoms with E-state index >= 15 is 0 Å². The molecule has 4 bridgehead atoms. The molecule has 5 rings (SSSR count). The minimum atomic E-state index is -0.304. The van der Waals surface area contributed by atoms with Crippen LogP contribution in [0, 0.1) is 17.8 Å². The lowest BCUT2D eigenvalue weighted by atomic mass is 9.52. The van der Waals surface area contributed by atoms with Crippen molar-refractivity contribution in [3.05, 3.63) is 0 Å². The molecule has 2 unspecified atom stereocenters. The van der Waals surface area contributed by atoms with E-state index in [1.807, 2.05) is 18.7 Å². The van der Waals surface area contributed by atoms with Crippen LogP contribution in [0.15, 0.2) is 0 Å². The van der Waals surface area contributed by atoms with Crippen molar-refractivity contribution in [3.63, 3.8) is 0 Å². The van der Waals surface area contributed by atoms with Crippen LogP contribution < -0.4 is 5.32 Å². The molecule has 2 amide bonds. The van der Waals surface area contributed by atoms with Crippen molar-refractivity contribution in [2.75, 3.05) is 0 Å². The van der Waals surface area contributed by atoms with Gasteiger partial charge in [0.1, 0.15) is 12.1 Å². The second-order valence-electron chi connectivity index (χ2n) is 8.00. The Labute approximate surface area is 126 Å². The molecule has 0 aromatic rings. The lowest BCUT2D eigenvalue weighted by Crippen LogP contribution is -2.72. The maximum Gasteiger partial charge on any atom is 0.246 e. The van der Waals surface area contributed by atoms with Crippen LogP contribution in [0.2, 0.25) is 0 Å². The maximum atomic E-state index is 12.9. The van der Waals surface area contributed by atoms with Gasteiger partial charge in [-0.3, -0.25) is 9.59 Å². The van der Waals surface area contributed by atoms with Gasteiger partial charge in [0.25, 0.3) is 0 Å². The first-order valence-corrected chi connectivity index (χ1v) is 8.66. The summed E-state index contributed by atoms with van der Waals surface area (Å²) in [4.78, 5) is 27.3. The second-order valence-corrected chi connectivity index (χ2v) is 8.00. The Hall–Kier alpha value is -1.06. The maximum absolute atomic E-state index is 12.9. The summed E-state index contributed by atoms with van der Waals surface area (Å²) in [5.41, 5.74) is -0.00354. The van der Waals surface area contributed by atoms with Crippen molar-refractivity contribution < 1.29 is 9.59 Å². The van der Waals surface area contributed by atoms with Crippen molar-refractivity contribution >= 4 is 11.8 Å². The van der Waals surface area contributed by atoms with Crippen molar-refractivity contribution in [1.29, 1.82) is 0 Å². The Morgan fingerprint density at radius 2 is 1.62 bits per heavy atom. The van der Waals surface area contributed by atoms with Gasteiger partial charge in [0.05, 0.1) is 0 Å². The zero-order valence-corrected chi connectivity index (χ0v) is 13.1. The highest BCUT2D eigenvalue weighted by Crippen LogP contribution is 2.58. The lowest BCUT2D eigenvalue weighted by Gasteiger charge is -2.62. The number of hydrogen-bond donors (Lipinski definition) is 1. The lowest BCUT2D eigenvalue weighted by molar-refractivity contribution is -0.169. The number of amides is 2. The number of nitrogens with zero attached hydrogens (tertiary/aromatic N) is 1. The van der Waals surface area contributed by atoms with E-state index in [0.29, 0.717) is 6.42 Å². The van der Waals surface area contributed by atoms with Crippen molar-refractivity contribution in [2.24, 2.45) is 17.8 Å². The van der Waals surface area contributed by atoms with Crippen molar-refractivity contribution in [2.45, 2.75) is 76.4 Å². The van der Waals surface area contributed by atoms with Gasteiger partial charge in [0, 0.05) is 5.54 Å². The summed E-state index contributed by atoms with van der Waals surface area (Å²) in [6.45, 7) is 3.90. The molecule has 1 saturated heterocycles. The van der Waals surface area contributed by atoms with Gasteiger partial charge in [-0.15, -0.1) is 0 Å². The fourth-order valence-electron chi connectivity index (χ4n) is 6.11. The number of rotatable bonds is 2. The molecule has 1 N–H and O–H groups in total. The van der Waals surface area contributed by atoms with E-state index in [1.165, 1.54) is 19.3 Å². The van der Waals surface area contributed by atoms with Crippen LogP contribution in [0.25, 0.3) is 0 Å². The zero-order valence-electron chi connectivity index (χ0n) is 13.1. The highest BCUT2D eigenvalue weighted by atomic mass is 16.2. The number of carbonyl (C=O) groups is 2. The van der Waals surface area contributed by atoms with Crippen LogP contribution in [0.1, 0.15) is 58.8 Å². The summed E-state index contributed by atoms with van der Waals surface area (Å²) in [5.74, 6) is 2.59. The molecule has 116 valence electrons. The highest BCUT2D eigenvalue weighted by Gasteiger charge is 2.57. The van der Waals surface area contributed by atoms with Gasteiger partial charge in [0.15, 0.2) is 0 Å². The monoisotopic (exact) mass is 290 g/mol. The third kappa shape index (κ3) is 1.87. The van der Waals surface area contributed by atoms with Crippen LogP contribution in [-0.2, 0) is 9.59 Å². The van der Waals surface area contributed by atoms with E-state index in [0.717, 1.165) is 37.0 Å². The fourth-order valence-corrected chi connectivity index (χ4v) is 6.11. The first kappa shape index (κ1) is 13.6. The predicted molar refractivity (Wildman–Crippen MR) is 79.4 cm³/mol. The van der Waals surface area contributed by atoms with Gasteiger partial charge < -0.3 is 10.2 Å². The predicted octanol–water partition coefficient (Wildman–Crippen LogP) is 2.08. The van der Waals surface area contributed by atoms with Crippen LogP contribution in [-0.4, -0.2) is 34.3 Å². The molecule has 1 heterocycles. The Morgan fingerprint density at radius 3 is 2.10 bits per heavy atom. The number of hydrogen-bond acceptors (Lipinski definition) is 2. The van der Waals surface area contributed by atoms with Gasteiger partial charge in [-0.2, -0.15) is 0 Å². The van der Waals surface area contributed by atoms with E-state index in [-0.39, 0.29) is 29.4 Å². The van der Waals surface area contributed by atoms with E-state index in [2.05, 4.69) is 5.32 Å². The molecular formula is C17H26N2O2. The molecule has 21 heavy (non-hydrogen) atoms. The first-order chi connectivity index (χ1) is 10.0. The molecule has 0 aromatic carbocycles. The first-order valence-electron chi connectivity index (χ1n) is 8.66. The van der Waals surface area contributed by atoms with Gasteiger partial charge in [-0.1, -0.05) is 6.92 Å². The normalized spacial score (nSPS) is 48.7. The average Bonchev–Trinajstić information content (AvgIpc) is 2.41. The van der Waals surface area contributed by atoms with Gasteiger partial charge in [-0.05, 0) is 69.6 Å². The van der Waals surface area contributed by atoms with Crippen molar-refractivity contribution in [1.82, 2.24) is 10.2 Å². The Morgan fingerprint density at radius 1 is 1.10 bits per heavy atom. The van der Waals surface area contributed by atoms with Gasteiger partial charge in [-0.25, -0.2) is 0 Å². The van der Waals surface area contributed by atoms with E-state index in [1.54, 1.807) is 0 Å². The van der Waals surface area contributed by atoms with Gasteiger partial charge >= 0.3 is 0 Å². The van der Waals surface area contributed by atoms with Crippen LogP contribution >= 0.6 is 0 Å². The number of nitrogens with one attached hydrogen (secondary N) is 1. The third-order valence-corrected chi connectivity index (χ3v) is 6.54. The molecule has 2 atom stereocenters. The second kappa shape index (κ2) is 4.47. The SMILES string of the molecule is CCC1NC(=O)C(C)N(C23CC4CC(CC(C4)C2)C3)C1=O. The standard InChI is InChI=1S/C17H26N2O2/c1-3-14-16(21)19(10(2)15(20)18-14)17-7-11-4-12(8-17)6-13(5-11)9-17/h10-14H,3-9H2,1-2H3,(H,18,20). The molecule has 0 radical (unpaired) electrons. The van der Waals surface area contributed by atoms with Crippen LogP contribution in [0.4, 0.5) is 0 Å². The van der Waals surface area contributed by atoms with E-state index < -0.39 is 0 Å².